The molecule has 142 valence electrons. The predicted molar refractivity (Wildman–Crippen MR) is 113 cm³/mol. The van der Waals surface area contributed by atoms with Gasteiger partial charge >= 0.3 is 0 Å². The van der Waals surface area contributed by atoms with Gasteiger partial charge in [-0.1, -0.05) is 12.1 Å². The largest absolute Gasteiger partial charge is 0.370 e. The van der Waals surface area contributed by atoms with Crippen LogP contribution in [0, 0.1) is 0 Å². The smallest absolute Gasteiger partial charge is 0.254 e. The number of fused-ring (bicyclic) bond motifs is 1. The van der Waals surface area contributed by atoms with Crippen molar-refractivity contribution >= 4 is 34.5 Å². The van der Waals surface area contributed by atoms with Gasteiger partial charge in [0.05, 0.1) is 29.0 Å². The number of carbonyl (C=O) groups is 1. The Hall–Kier alpha value is -2.34. The first-order chi connectivity index (χ1) is 12.9. The third-order valence-electron chi connectivity index (χ3n) is 5.00. The van der Waals surface area contributed by atoms with Gasteiger partial charge in [-0.25, -0.2) is 0 Å². The molecule has 5 nitrogen and oxygen atoms in total. The number of nitrogens with one attached hydrogen (secondary N) is 2. The third-order valence-corrected chi connectivity index (χ3v) is 5.69. The molecule has 1 atom stereocenters. The van der Waals surface area contributed by atoms with Gasteiger partial charge < -0.3 is 15.5 Å². The van der Waals surface area contributed by atoms with E-state index >= 15 is 0 Å². The van der Waals surface area contributed by atoms with E-state index in [1.54, 1.807) is 11.3 Å². The summed E-state index contributed by atoms with van der Waals surface area (Å²) < 4.78 is 0. The van der Waals surface area contributed by atoms with Gasteiger partial charge in [-0.2, -0.15) is 11.3 Å². The Bertz CT molecular complexity index is 869. The van der Waals surface area contributed by atoms with E-state index in [0.29, 0.717) is 6.54 Å². The molecule has 1 aromatic heterocycles. The maximum absolute atomic E-state index is 13.0. The second kappa shape index (κ2) is 6.68. The molecule has 1 spiro atoms. The van der Waals surface area contributed by atoms with Crippen LogP contribution < -0.4 is 10.6 Å². The first-order valence-electron chi connectivity index (χ1n) is 9.42. The molecule has 1 fully saturated rings. The lowest BCUT2D eigenvalue weighted by Crippen LogP contribution is -2.63. The molecular formula is C21H26N4OS. The van der Waals surface area contributed by atoms with E-state index in [1.165, 1.54) is 0 Å². The normalized spacial score (nSPS) is 23.7. The van der Waals surface area contributed by atoms with Gasteiger partial charge in [0.15, 0.2) is 0 Å². The Labute approximate surface area is 164 Å². The first-order valence-corrected chi connectivity index (χ1v) is 10.4. The zero-order valence-electron chi connectivity index (χ0n) is 16.1. The van der Waals surface area contributed by atoms with E-state index in [1.807, 2.05) is 33.9 Å². The maximum Gasteiger partial charge on any atom is 0.254 e. The number of nitrogens with zero attached hydrogens (tertiary/aromatic N) is 2. The third kappa shape index (κ3) is 3.58. The summed E-state index contributed by atoms with van der Waals surface area (Å²) in [5, 5.41) is 11.2. The number of thiophene rings is 1. The van der Waals surface area contributed by atoms with Crippen LogP contribution in [0.2, 0.25) is 0 Å². The molecule has 3 heterocycles. The highest BCUT2D eigenvalue weighted by atomic mass is 32.1. The van der Waals surface area contributed by atoms with Crippen molar-refractivity contribution in [2.75, 3.05) is 23.7 Å². The number of rotatable bonds is 1. The maximum atomic E-state index is 13.0. The van der Waals surface area contributed by atoms with Gasteiger partial charge in [-0.15, -0.1) is 0 Å². The molecule has 0 aliphatic carbocycles. The Morgan fingerprint density at radius 2 is 2.00 bits per heavy atom. The second-order valence-corrected chi connectivity index (χ2v) is 9.13. The number of hydrogen-bond donors (Lipinski definition) is 2. The summed E-state index contributed by atoms with van der Waals surface area (Å²) in [7, 11) is 0. The monoisotopic (exact) mass is 382 g/mol. The lowest BCUT2D eigenvalue weighted by molar-refractivity contribution is 0.0695. The molecule has 2 N–H and O–H groups in total. The van der Waals surface area contributed by atoms with Crippen molar-refractivity contribution in [3.8, 4) is 0 Å². The lowest BCUT2D eigenvalue weighted by atomic mass is 9.84. The zero-order valence-corrected chi connectivity index (χ0v) is 16.9. The molecule has 4 rings (SSSR count). The van der Waals surface area contributed by atoms with Crippen molar-refractivity contribution in [2.24, 2.45) is 4.99 Å². The number of para-hydroxylation sites is 2. The highest BCUT2D eigenvalue weighted by Gasteiger charge is 2.45. The Kier molecular flexibility index (Phi) is 4.46. The fourth-order valence-corrected chi connectivity index (χ4v) is 4.46. The Morgan fingerprint density at radius 3 is 2.70 bits per heavy atom. The molecule has 6 heteroatoms. The van der Waals surface area contributed by atoms with Crippen LogP contribution >= 0.6 is 11.3 Å². The molecule has 2 aliphatic rings. The number of carbonyl (C=O) groups excluding carboxylic acids is 1. The number of benzene rings is 1. The lowest BCUT2D eigenvalue weighted by Gasteiger charge is -2.47. The van der Waals surface area contributed by atoms with E-state index in [-0.39, 0.29) is 17.0 Å². The number of aliphatic imine (C=N–C) groups is 1. The molecule has 0 bridgehead atoms. The van der Waals surface area contributed by atoms with E-state index in [4.69, 9.17) is 4.99 Å². The molecule has 27 heavy (non-hydrogen) atoms. The number of anilines is 2. The van der Waals surface area contributed by atoms with Gasteiger partial charge in [0, 0.05) is 11.9 Å². The van der Waals surface area contributed by atoms with Crippen LogP contribution in [0.1, 0.15) is 44.0 Å². The van der Waals surface area contributed by atoms with Gasteiger partial charge in [0.2, 0.25) is 0 Å². The number of likely N-dealkylation sites (tertiary alicyclic amines) is 1. The minimum absolute atomic E-state index is 0.103. The van der Waals surface area contributed by atoms with Crippen LogP contribution in [-0.2, 0) is 0 Å². The molecular weight excluding hydrogens is 356 g/mol. The minimum atomic E-state index is -0.383. The van der Waals surface area contributed by atoms with Crippen LogP contribution in [0.25, 0.3) is 0 Å². The molecule has 0 saturated carbocycles. The molecule has 1 amide bonds. The summed E-state index contributed by atoms with van der Waals surface area (Å²) in [5.74, 6) is 1.03. The SMILES string of the molecule is CC(C)(C)N=C1Nc2ccccc2N[C@]12CCCN(C(=O)c1ccsc1)C2. The second-order valence-electron chi connectivity index (χ2n) is 8.35. The Balaban J connectivity index is 1.71. The van der Waals surface area contributed by atoms with Gasteiger partial charge in [-0.3, -0.25) is 9.79 Å². The number of amides is 1. The summed E-state index contributed by atoms with van der Waals surface area (Å²) in [5.41, 5.74) is 2.28. The predicted octanol–water partition coefficient (Wildman–Crippen LogP) is 4.46. The fraction of sp³-hybridized carbons (Fsp3) is 0.429. The van der Waals surface area contributed by atoms with Gasteiger partial charge in [0.1, 0.15) is 11.4 Å². The topological polar surface area (TPSA) is 56.7 Å². The van der Waals surface area contributed by atoms with Crippen molar-refractivity contribution in [1.82, 2.24) is 4.90 Å². The van der Waals surface area contributed by atoms with Crippen LogP contribution in [0.4, 0.5) is 11.4 Å². The van der Waals surface area contributed by atoms with Crippen molar-refractivity contribution < 1.29 is 4.79 Å². The summed E-state index contributed by atoms with van der Waals surface area (Å²) in [6.07, 6.45) is 1.88. The highest BCUT2D eigenvalue weighted by Crippen LogP contribution is 2.37. The molecule has 2 aromatic rings. The molecule has 2 aliphatic heterocycles. The van der Waals surface area contributed by atoms with E-state index in [9.17, 15) is 4.79 Å². The average Bonchev–Trinajstić information content (AvgIpc) is 3.15. The van der Waals surface area contributed by atoms with Gasteiger partial charge in [0.25, 0.3) is 5.91 Å². The molecule has 1 saturated heterocycles. The minimum Gasteiger partial charge on any atom is -0.370 e. The van der Waals surface area contributed by atoms with Crippen molar-refractivity contribution in [3.05, 3.63) is 46.7 Å². The fourth-order valence-electron chi connectivity index (χ4n) is 3.83. The molecule has 0 unspecified atom stereocenters. The quantitative estimate of drug-likeness (QED) is 0.766. The van der Waals surface area contributed by atoms with E-state index < -0.39 is 0 Å². The number of piperidine rings is 1. The van der Waals surface area contributed by atoms with Crippen molar-refractivity contribution in [3.63, 3.8) is 0 Å². The number of hydrogen-bond acceptors (Lipinski definition) is 4. The van der Waals surface area contributed by atoms with Crippen molar-refractivity contribution in [1.29, 1.82) is 0 Å². The van der Waals surface area contributed by atoms with Crippen LogP contribution in [0.5, 0.6) is 0 Å². The first kappa shape index (κ1) is 18.0. The number of amidine groups is 1. The van der Waals surface area contributed by atoms with Crippen LogP contribution in [0.3, 0.4) is 0 Å². The summed E-state index contributed by atoms with van der Waals surface area (Å²) >= 11 is 1.56. The zero-order chi connectivity index (χ0) is 19.1. The average molecular weight is 383 g/mol. The standard InChI is InChI=1S/C21H26N4OS/c1-20(2,3)24-19-21(23-17-8-5-4-7-16(17)22-19)10-6-11-25(14-21)18(26)15-9-12-27-13-15/h4-5,7-9,12-13,23H,6,10-11,14H2,1-3H3,(H,22,24)/t21-/m0/s1. The van der Waals surface area contributed by atoms with Gasteiger partial charge in [-0.05, 0) is 57.2 Å². The summed E-state index contributed by atoms with van der Waals surface area (Å²) in [6, 6.07) is 10.1. The highest BCUT2D eigenvalue weighted by molar-refractivity contribution is 7.08. The van der Waals surface area contributed by atoms with E-state index in [0.717, 1.165) is 42.2 Å². The van der Waals surface area contributed by atoms with E-state index in [2.05, 4.69) is 43.5 Å². The Morgan fingerprint density at radius 1 is 1.22 bits per heavy atom. The summed E-state index contributed by atoms with van der Waals surface area (Å²) in [6.45, 7) is 7.70. The summed E-state index contributed by atoms with van der Waals surface area (Å²) in [4.78, 5) is 19.9. The van der Waals surface area contributed by atoms with Crippen molar-refractivity contribution in [2.45, 2.75) is 44.7 Å². The van der Waals surface area contributed by atoms with Crippen LogP contribution in [0.15, 0.2) is 46.1 Å². The molecule has 1 aromatic carbocycles. The molecule has 0 radical (unpaired) electrons. The van der Waals surface area contributed by atoms with Crippen LogP contribution in [-0.4, -0.2) is 40.8 Å².